The Bertz CT molecular complexity index is 352. The molecule has 19 heavy (non-hydrogen) atoms. The van der Waals surface area contributed by atoms with Crippen molar-refractivity contribution >= 4 is 41.3 Å². The Labute approximate surface area is 138 Å². The van der Waals surface area contributed by atoms with Gasteiger partial charge in [0.25, 0.3) is 0 Å². The average Bonchev–Trinajstić information content (AvgIpc) is 2.90. The fourth-order valence-electron chi connectivity index (χ4n) is 1.80. The molecule has 0 saturated heterocycles. The van der Waals surface area contributed by atoms with Crippen molar-refractivity contribution in [1.82, 2.24) is 10.2 Å². The number of guanidine groups is 1. The number of halogens is 1. The third kappa shape index (κ3) is 6.61. The van der Waals surface area contributed by atoms with Crippen molar-refractivity contribution in [3.63, 3.8) is 0 Å². The molecule has 0 fully saturated rings. The van der Waals surface area contributed by atoms with Gasteiger partial charge in [-0.15, -0.1) is 24.0 Å². The number of hydrogen-bond acceptors (Lipinski definition) is 2. The van der Waals surface area contributed by atoms with E-state index in [2.05, 4.69) is 52.9 Å². The Morgan fingerprint density at radius 2 is 2.26 bits per heavy atom. The summed E-state index contributed by atoms with van der Waals surface area (Å²) in [4.78, 5) is 6.53. The maximum Gasteiger partial charge on any atom is 0.193 e. The summed E-state index contributed by atoms with van der Waals surface area (Å²) >= 11 is 1.76. The normalized spacial score (nSPS) is 12.7. The van der Waals surface area contributed by atoms with Crippen molar-refractivity contribution in [2.45, 2.75) is 32.6 Å². The van der Waals surface area contributed by atoms with E-state index < -0.39 is 0 Å². The standard InChI is InChI=1S/C14H25N3S.HI/c1-5-6-8-17(4)14(15-3)16-10-12(2)13-7-9-18-11-13;/h7,9,11-12H,5-6,8,10H2,1-4H3,(H,15,16);1H. The predicted molar refractivity (Wildman–Crippen MR) is 97.0 cm³/mol. The summed E-state index contributed by atoms with van der Waals surface area (Å²) in [5.41, 5.74) is 1.40. The molecule has 0 amide bonds. The van der Waals surface area contributed by atoms with Crippen LogP contribution in [0.4, 0.5) is 0 Å². The van der Waals surface area contributed by atoms with Gasteiger partial charge in [-0.05, 0) is 34.7 Å². The third-order valence-corrected chi connectivity index (χ3v) is 3.80. The fourth-order valence-corrected chi connectivity index (χ4v) is 2.59. The monoisotopic (exact) mass is 395 g/mol. The van der Waals surface area contributed by atoms with Crippen LogP contribution in [0.15, 0.2) is 21.8 Å². The first-order valence-corrected chi connectivity index (χ1v) is 7.57. The van der Waals surface area contributed by atoms with Crippen LogP contribution in [0.5, 0.6) is 0 Å². The van der Waals surface area contributed by atoms with Crippen LogP contribution in [0.1, 0.15) is 38.2 Å². The second-order valence-electron chi connectivity index (χ2n) is 4.66. The van der Waals surface area contributed by atoms with Gasteiger partial charge in [-0.3, -0.25) is 4.99 Å². The summed E-state index contributed by atoms with van der Waals surface area (Å²) in [6, 6.07) is 2.20. The van der Waals surface area contributed by atoms with E-state index in [4.69, 9.17) is 0 Å². The summed E-state index contributed by atoms with van der Waals surface area (Å²) in [6.07, 6.45) is 2.42. The van der Waals surface area contributed by atoms with E-state index in [1.165, 1.54) is 18.4 Å². The van der Waals surface area contributed by atoms with Crippen LogP contribution in [0.3, 0.4) is 0 Å². The van der Waals surface area contributed by atoms with Gasteiger partial charge in [0.15, 0.2) is 5.96 Å². The molecule has 0 aliphatic rings. The highest BCUT2D eigenvalue weighted by atomic mass is 127. The number of nitrogens with one attached hydrogen (secondary N) is 1. The minimum atomic E-state index is 0. The van der Waals surface area contributed by atoms with E-state index in [0.29, 0.717) is 5.92 Å². The largest absolute Gasteiger partial charge is 0.356 e. The van der Waals surface area contributed by atoms with E-state index in [-0.39, 0.29) is 24.0 Å². The van der Waals surface area contributed by atoms with Gasteiger partial charge in [0.05, 0.1) is 0 Å². The van der Waals surface area contributed by atoms with Gasteiger partial charge < -0.3 is 10.2 Å². The van der Waals surface area contributed by atoms with Crippen molar-refractivity contribution in [2.24, 2.45) is 4.99 Å². The van der Waals surface area contributed by atoms with Gasteiger partial charge in [-0.2, -0.15) is 11.3 Å². The molecule has 1 aromatic rings. The van der Waals surface area contributed by atoms with Gasteiger partial charge in [0, 0.05) is 27.2 Å². The van der Waals surface area contributed by atoms with E-state index >= 15 is 0 Å². The van der Waals surface area contributed by atoms with Gasteiger partial charge in [0.2, 0.25) is 0 Å². The molecule has 0 aliphatic heterocycles. The molecule has 1 rings (SSSR count). The SMILES string of the molecule is CCCCN(C)C(=NC)NCC(C)c1ccsc1.I. The Balaban J connectivity index is 0.00000324. The molecule has 0 spiro atoms. The maximum absolute atomic E-state index is 4.33. The molecule has 3 nitrogen and oxygen atoms in total. The zero-order valence-corrected chi connectivity index (χ0v) is 15.5. The lowest BCUT2D eigenvalue weighted by Gasteiger charge is -2.23. The quantitative estimate of drug-likeness (QED) is 0.451. The number of hydrogen-bond donors (Lipinski definition) is 1. The first-order valence-electron chi connectivity index (χ1n) is 6.62. The predicted octanol–water partition coefficient (Wildman–Crippen LogP) is 3.78. The van der Waals surface area contributed by atoms with Crippen LogP contribution < -0.4 is 5.32 Å². The molecule has 1 aromatic heterocycles. The summed E-state index contributed by atoms with van der Waals surface area (Å²) in [6.45, 7) is 6.44. The summed E-state index contributed by atoms with van der Waals surface area (Å²) in [5, 5.41) is 7.80. The summed E-state index contributed by atoms with van der Waals surface area (Å²) in [5.74, 6) is 1.51. The van der Waals surface area contributed by atoms with Crippen molar-refractivity contribution < 1.29 is 0 Å². The number of rotatable bonds is 6. The molecule has 1 N–H and O–H groups in total. The van der Waals surface area contributed by atoms with E-state index in [1.807, 2.05) is 7.05 Å². The smallest absolute Gasteiger partial charge is 0.193 e. The van der Waals surface area contributed by atoms with Crippen molar-refractivity contribution in [3.05, 3.63) is 22.4 Å². The van der Waals surface area contributed by atoms with Crippen molar-refractivity contribution in [1.29, 1.82) is 0 Å². The lowest BCUT2D eigenvalue weighted by molar-refractivity contribution is 0.462. The van der Waals surface area contributed by atoms with Crippen LogP contribution in [0.25, 0.3) is 0 Å². The second kappa shape index (κ2) is 10.5. The average molecular weight is 395 g/mol. The van der Waals surface area contributed by atoms with Crippen LogP contribution in [0.2, 0.25) is 0 Å². The minimum Gasteiger partial charge on any atom is -0.356 e. The Kier molecular flexibility index (Phi) is 10.3. The number of thiophene rings is 1. The highest BCUT2D eigenvalue weighted by Crippen LogP contribution is 2.17. The first-order chi connectivity index (χ1) is 8.69. The molecule has 5 heteroatoms. The van der Waals surface area contributed by atoms with Gasteiger partial charge in [-0.25, -0.2) is 0 Å². The zero-order chi connectivity index (χ0) is 13.4. The molecule has 0 aliphatic carbocycles. The van der Waals surface area contributed by atoms with Gasteiger partial charge in [-0.1, -0.05) is 20.3 Å². The highest BCUT2D eigenvalue weighted by molar-refractivity contribution is 14.0. The summed E-state index contributed by atoms with van der Waals surface area (Å²) in [7, 11) is 3.94. The molecule has 0 bridgehead atoms. The van der Waals surface area contributed by atoms with E-state index in [0.717, 1.165) is 19.0 Å². The molecular weight excluding hydrogens is 369 g/mol. The Hall–Kier alpha value is -0.300. The van der Waals surface area contributed by atoms with Crippen molar-refractivity contribution in [3.8, 4) is 0 Å². The molecule has 0 saturated carbocycles. The van der Waals surface area contributed by atoms with Crippen molar-refractivity contribution in [2.75, 3.05) is 27.2 Å². The number of unbranched alkanes of at least 4 members (excludes halogenated alkanes) is 1. The molecule has 1 unspecified atom stereocenters. The molecule has 1 heterocycles. The van der Waals surface area contributed by atoms with Crippen LogP contribution in [0, 0.1) is 0 Å². The lowest BCUT2D eigenvalue weighted by atomic mass is 10.1. The Morgan fingerprint density at radius 1 is 1.53 bits per heavy atom. The maximum atomic E-state index is 4.33. The summed E-state index contributed by atoms with van der Waals surface area (Å²) < 4.78 is 0. The van der Waals surface area contributed by atoms with Gasteiger partial charge in [0.1, 0.15) is 0 Å². The lowest BCUT2D eigenvalue weighted by Crippen LogP contribution is -2.40. The highest BCUT2D eigenvalue weighted by Gasteiger charge is 2.09. The van der Waals surface area contributed by atoms with E-state index in [9.17, 15) is 0 Å². The molecule has 0 radical (unpaired) electrons. The van der Waals surface area contributed by atoms with Crippen LogP contribution >= 0.6 is 35.3 Å². The van der Waals surface area contributed by atoms with E-state index in [1.54, 1.807) is 11.3 Å². The zero-order valence-electron chi connectivity index (χ0n) is 12.3. The Morgan fingerprint density at radius 3 is 2.79 bits per heavy atom. The number of aliphatic imine (C=N–C) groups is 1. The van der Waals surface area contributed by atoms with Crippen LogP contribution in [-0.4, -0.2) is 38.0 Å². The topological polar surface area (TPSA) is 27.6 Å². The second-order valence-corrected chi connectivity index (χ2v) is 5.44. The molecule has 110 valence electrons. The molecular formula is C14H26IN3S. The minimum absolute atomic E-state index is 0. The first kappa shape index (κ1) is 18.7. The molecule has 1 atom stereocenters. The molecule has 0 aromatic carbocycles. The number of nitrogens with zero attached hydrogens (tertiary/aromatic N) is 2. The third-order valence-electron chi connectivity index (χ3n) is 3.10. The van der Waals surface area contributed by atoms with Crippen LogP contribution in [-0.2, 0) is 0 Å². The fraction of sp³-hybridized carbons (Fsp3) is 0.643. The van der Waals surface area contributed by atoms with Gasteiger partial charge >= 0.3 is 0 Å².